The van der Waals surface area contributed by atoms with Gasteiger partial charge in [-0.2, -0.15) is 4.99 Å². The molecule has 4 N–H and O–H groups in total. The third-order valence-electron chi connectivity index (χ3n) is 6.04. The standard InChI is InChI=1S/C21H30ClN5OS/c1-15(29-18-13-16(23)5-6-17(18)22)19(24)25-20(26(2)14-28)27-11-9-21(10-12-27)7-3-4-8-21/h5-6,13-14H,3-4,7-12,23-24H2,1-2H3/b19-15+,25-20?. The Morgan fingerprint density at radius 2 is 1.93 bits per heavy atom. The van der Waals surface area contributed by atoms with Crippen molar-refractivity contribution in [2.75, 3.05) is 25.9 Å². The molecule has 1 saturated carbocycles. The molecule has 0 aromatic heterocycles. The molecule has 1 amide bonds. The number of allylic oxidation sites excluding steroid dienone is 1. The Bertz CT molecular complexity index is 809. The number of nitrogens with two attached hydrogens (primary N) is 2. The lowest BCUT2D eigenvalue weighted by molar-refractivity contribution is -0.114. The first-order valence-corrected chi connectivity index (χ1v) is 11.2. The maximum Gasteiger partial charge on any atom is 0.216 e. The number of rotatable bonds is 4. The van der Waals surface area contributed by atoms with Crippen LogP contribution in [0.15, 0.2) is 38.8 Å². The fourth-order valence-corrected chi connectivity index (χ4v) is 5.30. The number of thioether (sulfide) groups is 1. The number of aliphatic imine (C=N–C) groups is 1. The van der Waals surface area contributed by atoms with E-state index in [9.17, 15) is 4.79 Å². The molecule has 29 heavy (non-hydrogen) atoms. The third kappa shape index (κ3) is 5.20. The highest BCUT2D eigenvalue weighted by atomic mass is 35.5. The van der Waals surface area contributed by atoms with Crippen LogP contribution in [-0.4, -0.2) is 42.3 Å². The van der Waals surface area contributed by atoms with Crippen LogP contribution in [0.3, 0.4) is 0 Å². The largest absolute Gasteiger partial charge is 0.399 e. The molecule has 2 fully saturated rings. The molecule has 1 aromatic carbocycles. The number of nitrogens with zero attached hydrogens (tertiary/aromatic N) is 3. The lowest BCUT2D eigenvalue weighted by Crippen LogP contribution is -2.48. The smallest absolute Gasteiger partial charge is 0.216 e. The highest BCUT2D eigenvalue weighted by Gasteiger charge is 2.38. The first-order valence-electron chi connectivity index (χ1n) is 10.0. The second kappa shape index (κ2) is 9.30. The Morgan fingerprint density at radius 3 is 2.55 bits per heavy atom. The van der Waals surface area contributed by atoms with Gasteiger partial charge in [-0.15, -0.1) is 0 Å². The fraction of sp³-hybridized carbons (Fsp3) is 0.524. The van der Waals surface area contributed by atoms with Crippen molar-refractivity contribution in [2.24, 2.45) is 16.1 Å². The number of hydrogen-bond acceptors (Lipinski definition) is 5. The Labute approximate surface area is 182 Å². The van der Waals surface area contributed by atoms with Gasteiger partial charge in [0.2, 0.25) is 12.4 Å². The van der Waals surface area contributed by atoms with Gasteiger partial charge in [0.1, 0.15) is 5.82 Å². The molecule has 0 unspecified atom stereocenters. The SMILES string of the molecule is C/C(Sc1cc(N)ccc1Cl)=C(/N)N=C(N(C)C=O)N1CCC2(CCCC2)CC1. The zero-order valence-electron chi connectivity index (χ0n) is 17.2. The summed E-state index contributed by atoms with van der Waals surface area (Å²) >= 11 is 7.69. The second-order valence-electron chi connectivity index (χ2n) is 8.06. The minimum atomic E-state index is 0.373. The predicted octanol–water partition coefficient (Wildman–Crippen LogP) is 4.26. The molecule has 158 valence electrons. The average Bonchev–Trinajstić information content (AvgIpc) is 3.17. The van der Waals surface area contributed by atoms with Crippen molar-refractivity contribution in [1.29, 1.82) is 0 Å². The minimum Gasteiger partial charge on any atom is -0.399 e. The molecule has 8 heteroatoms. The number of carbonyl (C=O) groups excluding carboxylic acids is 1. The van der Waals surface area contributed by atoms with Crippen molar-refractivity contribution in [3.05, 3.63) is 33.9 Å². The van der Waals surface area contributed by atoms with E-state index >= 15 is 0 Å². The first-order chi connectivity index (χ1) is 13.8. The number of hydrogen-bond donors (Lipinski definition) is 2. The number of carbonyl (C=O) groups is 1. The number of guanidine groups is 1. The minimum absolute atomic E-state index is 0.373. The Balaban J connectivity index is 1.79. The summed E-state index contributed by atoms with van der Waals surface area (Å²) in [5.74, 6) is 0.974. The summed E-state index contributed by atoms with van der Waals surface area (Å²) in [4.78, 5) is 21.4. The molecule has 1 aromatic rings. The highest BCUT2D eigenvalue weighted by Crippen LogP contribution is 2.46. The van der Waals surface area contributed by atoms with E-state index in [1.165, 1.54) is 42.3 Å². The van der Waals surface area contributed by atoms with Crippen LogP contribution in [0.2, 0.25) is 5.02 Å². The molecule has 1 saturated heterocycles. The topological polar surface area (TPSA) is 88.0 Å². The van der Waals surface area contributed by atoms with Crippen molar-refractivity contribution in [1.82, 2.24) is 9.80 Å². The lowest BCUT2D eigenvalue weighted by Gasteiger charge is -2.41. The van der Waals surface area contributed by atoms with Crippen LogP contribution < -0.4 is 11.5 Å². The van der Waals surface area contributed by atoms with Gasteiger partial charge in [-0.3, -0.25) is 9.69 Å². The summed E-state index contributed by atoms with van der Waals surface area (Å²) in [6.45, 7) is 3.69. The normalized spacial score (nSPS) is 20.0. The maximum absolute atomic E-state index is 11.5. The van der Waals surface area contributed by atoms with Crippen LogP contribution in [0.25, 0.3) is 0 Å². The molecule has 1 aliphatic carbocycles. The van der Waals surface area contributed by atoms with Crippen molar-refractivity contribution < 1.29 is 4.79 Å². The van der Waals surface area contributed by atoms with E-state index in [1.807, 2.05) is 13.0 Å². The number of anilines is 1. The zero-order valence-corrected chi connectivity index (χ0v) is 18.7. The Kier molecular flexibility index (Phi) is 7.01. The van der Waals surface area contributed by atoms with Crippen molar-refractivity contribution in [3.8, 4) is 0 Å². The van der Waals surface area contributed by atoms with Gasteiger partial charge in [0.25, 0.3) is 0 Å². The molecule has 2 aliphatic rings. The van der Waals surface area contributed by atoms with Crippen molar-refractivity contribution in [2.45, 2.75) is 50.3 Å². The van der Waals surface area contributed by atoms with Crippen molar-refractivity contribution >= 4 is 41.4 Å². The van der Waals surface area contributed by atoms with Gasteiger partial charge in [0, 0.05) is 35.6 Å². The van der Waals surface area contributed by atoms with Crippen molar-refractivity contribution in [3.63, 3.8) is 0 Å². The molecule has 1 aliphatic heterocycles. The van der Waals surface area contributed by atoms with Gasteiger partial charge in [-0.25, -0.2) is 0 Å². The molecule has 1 spiro atoms. The van der Waals surface area contributed by atoms with Gasteiger partial charge in [0.05, 0.1) is 5.02 Å². The number of piperidine rings is 1. The number of benzene rings is 1. The molecule has 1 heterocycles. The predicted molar refractivity (Wildman–Crippen MR) is 122 cm³/mol. The monoisotopic (exact) mass is 435 g/mol. The van der Waals surface area contributed by atoms with E-state index in [4.69, 9.17) is 23.1 Å². The summed E-state index contributed by atoms with van der Waals surface area (Å²) < 4.78 is 0. The highest BCUT2D eigenvalue weighted by molar-refractivity contribution is 8.03. The fourth-order valence-electron chi connectivity index (χ4n) is 4.23. The Morgan fingerprint density at radius 1 is 1.28 bits per heavy atom. The van der Waals surface area contributed by atoms with Crippen LogP contribution in [0.5, 0.6) is 0 Å². The van der Waals surface area contributed by atoms with E-state index in [-0.39, 0.29) is 0 Å². The second-order valence-corrected chi connectivity index (χ2v) is 9.72. The maximum atomic E-state index is 11.5. The van der Waals surface area contributed by atoms with E-state index in [0.717, 1.165) is 42.1 Å². The van der Waals surface area contributed by atoms with Crippen LogP contribution in [0.4, 0.5) is 5.69 Å². The molecular weight excluding hydrogens is 406 g/mol. The van der Waals surface area contributed by atoms with Gasteiger partial charge in [-0.1, -0.05) is 36.2 Å². The van der Waals surface area contributed by atoms with Gasteiger partial charge >= 0.3 is 0 Å². The third-order valence-corrected chi connectivity index (χ3v) is 7.56. The molecule has 0 atom stereocenters. The summed E-state index contributed by atoms with van der Waals surface area (Å²) in [5, 5.41) is 0.614. The van der Waals surface area contributed by atoms with Crippen LogP contribution >= 0.6 is 23.4 Å². The number of likely N-dealkylation sites (tertiary alicyclic amines) is 1. The molecule has 6 nitrogen and oxygen atoms in total. The van der Waals surface area contributed by atoms with E-state index in [1.54, 1.807) is 19.2 Å². The van der Waals surface area contributed by atoms with E-state index in [2.05, 4.69) is 9.89 Å². The summed E-state index contributed by atoms with van der Waals surface area (Å²) in [6, 6.07) is 5.35. The lowest BCUT2D eigenvalue weighted by atomic mass is 9.77. The number of halogens is 1. The quantitative estimate of drug-likeness (QED) is 0.242. The van der Waals surface area contributed by atoms with Crippen LogP contribution in [0.1, 0.15) is 45.4 Å². The van der Waals surface area contributed by atoms with E-state index < -0.39 is 0 Å². The van der Waals surface area contributed by atoms with Gasteiger partial charge < -0.3 is 16.4 Å². The summed E-state index contributed by atoms with van der Waals surface area (Å²) in [7, 11) is 1.72. The van der Waals surface area contributed by atoms with Crippen LogP contribution in [0, 0.1) is 5.41 Å². The number of nitrogen functional groups attached to an aromatic ring is 1. The first kappa shape index (κ1) is 21.8. The van der Waals surface area contributed by atoms with Crippen LogP contribution in [-0.2, 0) is 4.79 Å². The molecular formula is C21H30ClN5OS. The number of amides is 1. The average molecular weight is 436 g/mol. The van der Waals surface area contributed by atoms with Gasteiger partial charge in [-0.05, 0) is 56.2 Å². The zero-order chi connectivity index (χ0) is 21.0. The summed E-state index contributed by atoms with van der Waals surface area (Å²) in [6.07, 6.45) is 8.42. The van der Waals surface area contributed by atoms with Gasteiger partial charge in [0.15, 0.2) is 0 Å². The molecule has 0 bridgehead atoms. The van der Waals surface area contributed by atoms with E-state index in [0.29, 0.717) is 27.9 Å². The molecule has 3 rings (SSSR count). The Hall–Kier alpha value is -1.86. The molecule has 0 radical (unpaired) electrons. The summed E-state index contributed by atoms with van der Waals surface area (Å²) in [5.41, 5.74) is 13.3.